The van der Waals surface area contributed by atoms with Crippen LogP contribution in [0.1, 0.15) is 19.3 Å². The van der Waals surface area contributed by atoms with Crippen molar-refractivity contribution in [2.24, 2.45) is 5.92 Å². The first kappa shape index (κ1) is 16.4. The Hall–Kier alpha value is -2.51. The number of rotatable bonds is 5. The van der Waals surface area contributed by atoms with Crippen molar-refractivity contribution in [3.63, 3.8) is 0 Å². The molecule has 1 saturated carbocycles. The Morgan fingerprint density at radius 3 is 2.58 bits per heavy atom. The maximum absolute atomic E-state index is 13.9. The van der Waals surface area contributed by atoms with Crippen LogP contribution in [-0.2, 0) is 14.4 Å². The minimum Gasteiger partial charge on any atom is -0.480 e. The molecule has 1 aliphatic carbocycles. The molecule has 0 bridgehead atoms. The minimum absolute atomic E-state index is 0.0386. The van der Waals surface area contributed by atoms with Crippen molar-refractivity contribution in [3.8, 4) is 0 Å². The van der Waals surface area contributed by atoms with Crippen LogP contribution in [0.15, 0.2) is 18.2 Å². The van der Waals surface area contributed by atoms with E-state index in [-0.39, 0.29) is 24.7 Å². The van der Waals surface area contributed by atoms with Crippen molar-refractivity contribution >= 4 is 23.5 Å². The van der Waals surface area contributed by atoms with E-state index in [1.165, 1.54) is 4.90 Å². The van der Waals surface area contributed by atoms with Crippen LogP contribution in [0, 0.1) is 17.6 Å². The highest BCUT2D eigenvalue weighted by Crippen LogP contribution is 2.32. The summed E-state index contributed by atoms with van der Waals surface area (Å²) in [5.74, 6) is -4.30. The van der Waals surface area contributed by atoms with Crippen molar-refractivity contribution in [1.29, 1.82) is 0 Å². The summed E-state index contributed by atoms with van der Waals surface area (Å²) in [7, 11) is 0. The average Bonchev–Trinajstić information content (AvgIpc) is 3.27. The monoisotopic (exact) mass is 338 g/mol. The molecule has 1 heterocycles. The van der Waals surface area contributed by atoms with Crippen LogP contribution in [0.25, 0.3) is 0 Å². The molecule has 6 nitrogen and oxygen atoms in total. The van der Waals surface area contributed by atoms with Gasteiger partial charge in [0.25, 0.3) is 0 Å². The first-order valence-corrected chi connectivity index (χ1v) is 7.64. The smallest absolute Gasteiger partial charge is 0.323 e. The van der Waals surface area contributed by atoms with Gasteiger partial charge < -0.3 is 14.9 Å². The summed E-state index contributed by atoms with van der Waals surface area (Å²) < 4.78 is 26.9. The largest absolute Gasteiger partial charge is 0.480 e. The molecule has 1 saturated heterocycles. The van der Waals surface area contributed by atoms with Gasteiger partial charge in [-0.05, 0) is 25.0 Å². The van der Waals surface area contributed by atoms with Gasteiger partial charge in [0.05, 0.1) is 11.6 Å². The first-order chi connectivity index (χ1) is 11.4. The summed E-state index contributed by atoms with van der Waals surface area (Å²) in [4.78, 5) is 38.0. The summed E-state index contributed by atoms with van der Waals surface area (Å²) in [5, 5.41) is 8.94. The van der Waals surface area contributed by atoms with Crippen molar-refractivity contribution in [1.82, 2.24) is 4.90 Å². The standard InChI is InChI=1S/C16H16F2N2O4/c17-10-1-4-13(12(18)6-10)20-7-9(5-14(20)21)16(24)19(8-15(22)23)11-2-3-11/h1,4,6,9,11H,2-3,5,7-8H2,(H,22,23). The predicted molar refractivity (Wildman–Crippen MR) is 79.2 cm³/mol. The second-order valence-electron chi connectivity index (χ2n) is 6.09. The lowest BCUT2D eigenvalue weighted by Crippen LogP contribution is -2.42. The molecule has 128 valence electrons. The third-order valence-corrected chi connectivity index (χ3v) is 4.25. The van der Waals surface area contributed by atoms with Gasteiger partial charge in [-0.15, -0.1) is 0 Å². The van der Waals surface area contributed by atoms with E-state index < -0.39 is 41.9 Å². The highest BCUT2D eigenvalue weighted by molar-refractivity contribution is 6.00. The fourth-order valence-corrected chi connectivity index (χ4v) is 2.96. The molecule has 1 aromatic rings. The molecule has 8 heteroatoms. The number of halogens is 2. The average molecular weight is 338 g/mol. The second-order valence-corrected chi connectivity index (χ2v) is 6.09. The van der Waals surface area contributed by atoms with Crippen molar-refractivity contribution < 1.29 is 28.3 Å². The zero-order valence-electron chi connectivity index (χ0n) is 12.7. The molecule has 1 atom stereocenters. The third-order valence-electron chi connectivity index (χ3n) is 4.25. The lowest BCUT2D eigenvalue weighted by atomic mass is 10.1. The van der Waals surface area contributed by atoms with Gasteiger partial charge in [-0.3, -0.25) is 14.4 Å². The molecule has 2 amide bonds. The topological polar surface area (TPSA) is 77.9 Å². The van der Waals surface area contributed by atoms with E-state index in [1.807, 2.05) is 0 Å². The number of amides is 2. The van der Waals surface area contributed by atoms with Crippen LogP contribution in [0.2, 0.25) is 0 Å². The highest BCUT2D eigenvalue weighted by Gasteiger charge is 2.42. The van der Waals surface area contributed by atoms with E-state index in [0.29, 0.717) is 6.07 Å². The molecule has 24 heavy (non-hydrogen) atoms. The van der Waals surface area contributed by atoms with Gasteiger partial charge in [-0.25, -0.2) is 8.78 Å². The van der Waals surface area contributed by atoms with Crippen molar-refractivity contribution in [2.45, 2.75) is 25.3 Å². The van der Waals surface area contributed by atoms with E-state index in [2.05, 4.69) is 0 Å². The third kappa shape index (κ3) is 3.22. The number of carbonyl (C=O) groups is 3. The fraction of sp³-hybridized carbons (Fsp3) is 0.438. The predicted octanol–water partition coefficient (Wildman–Crippen LogP) is 1.39. The van der Waals surface area contributed by atoms with Crippen LogP contribution in [0.5, 0.6) is 0 Å². The molecule has 1 N–H and O–H groups in total. The second kappa shape index (κ2) is 6.18. The molecule has 1 unspecified atom stereocenters. The molecule has 1 aliphatic heterocycles. The summed E-state index contributed by atoms with van der Waals surface area (Å²) >= 11 is 0. The molecular weight excluding hydrogens is 322 g/mol. The number of hydrogen-bond acceptors (Lipinski definition) is 3. The molecule has 3 rings (SSSR count). The Bertz CT molecular complexity index is 705. The van der Waals surface area contributed by atoms with Crippen LogP contribution in [-0.4, -0.2) is 46.9 Å². The van der Waals surface area contributed by atoms with Gasteiger partial charge in [-0.1, -0.05) is 0 Å². The van der Waals surface area contributed by atoms with Gasteiger partial charge in [-0.2, -0.15) is 0 Å². The van der Waals surface area contributed by atoms with Crippen LogP contribution >= 0.6 is 0 Å². The Balaban J connectivity index is 1.76. The zero-order valence-corrected chi connectivity index (χ0v) is 12.7. The summed E-state index contributed by atoms with van der Waals surface area (Å²) in [6.45, 7) is -0.442. The number of hydrogen-bond donors (Lipinski definition) is 1. The molecule has 2 fully saturated rings. The fourth-order valence-electron chi connectivity index (χ4n) is 2.96. The lowest BCUT2D eigenvalue weighted by Gasteiger charge is -2.24. The van der Waals surface area contributed by atoms with Gasteiger partial charge in [0, 0.05) is 25.1 Å². The van der Waals surface area contributed by atoms with Crippen LogP contribution in [0.4, 0.5) is 14.5 Å². The van der Waals surface area contributed by atoms with Crippen molar-refractivity contribution in [3.05, 3.63) is 29.8 Å². The number of nitrogens with zero attached hydrogens (tertiary/aromatic N) is 2. The number of carboxylic acids is 1. The SMILES string of the molecule is O=C(O)CN(C(=O)C1CC(=O)N(c2ccc(F)cc2F)C1)C1CC1. The molecule has 1 aromatic carbocycles. The zero-order chi connectivity index (χ0) is 17.4. The van der Waals surface area contributed by atoms with Gasteiger partial charge in [0.15, 0.2) is 0 Å². The number of carboxylic acid groups (broad SMARTS) is 1. The molecular formula is C16H16F2N2O4. The Labute approximate surface area is 136 Å². The first-order valence-electron chi connectivity index (χ1n) is 7.64. The van der Waals surface area contributed by atoms with Crippen LogP contribution < -0.4 is 4.90 Å². The highest BCUT2D eigenvalue weighted by atomic mass is 19.1. The Morgan fingerprint density at radius 1 is 1.29 bits per heavy atom. The quantitative estimate of drug-likeness (QED) is 0.880. The maximum Gasteiger partial charge on any atom is 0.323 e. The van der Waals surface area contributed by atoms with E-state index in [1.54, 1.807) is 0 Å². The molecule has 0 radical (unpaired) electrons. The van der Waals surface area contributed by atoms with E-state index in [0.717, 1.165) is 29.9 Å². The Morgan fingerprint density at radius 2 is 2.00 bits per heavy atom. The normalized spacial score (nSPS) is 20.3. The minimum atomic E-state index is -1.11. The number of aliphatic carboxylic acids is 1. The van der Waals surface area contributed by atoms with Gasteiger partial charge >= 0.3 is 5.97 Å². The number of benzene rings is 1. The van der Waals surface area contributed by atoms with E-state index in [4.69, 9.17) is 5.11 Å². The molecule has 0 aromatic heterocycles. The van der Waals surface area contributed by atoms with E-state index in [9.17, 15) is 23.2 Å². The summed E-state index contributed by atoms with van der Waals surface area (Å²) in [6.07, 6.45) is 1.38. The molecule has 0 spiro atoms. The Kier molecular flexibility index (Phi) is 4.21. The lowest BCUT2D eigenvalue weighted by molar-refractivity contribution is -0.146. The van der Waals surface area contributed by atoms with Gasteiger partial charge in [0.2, 0.25) is 11.8 Å². The summed E-state index contributed by atoms with van der Waals surface area (Å²) in [6, 6.07) is 2.78. The molecule has 2 aliphatic rings. The summed E-state index contributed by atoms with van der Waals surface area (Å²) in [5.41, 5.74) is -0.0760. The van der Waals surface area contributed by atoms with E-state index >= 15 is 0 Å². The van der Waals surface area contributed by atoms with Crippen molar-refractivity contribution in [2.75, 3.05) is 18.0 Å². The van der Waals surface area contributed by atoms with Crippen LogP contribution in [0.3, 0.4) is 0 Å². The number of anilines is 1. The van der Waals surface area contributed by atoms with Gasteiger partial charge in [0.1, 0.15) is 18.2 Å². The maximum atomic E-state index is 13.9. The number of carbonyl (C=O) groups excluding carboxylic acids is 2.